The molecule has 29 heavy (non-hydrogen) atoms. The Morgan fingerprint density at radius 3 is 2.83 bits per heavy atom. The molecular weight excluding hydrogens is 463 g/mol. The molecule has 1 aromatic carbocycles. The van der Waals surface area contributed by atoms with Gasteiger partial charge in [-0.1, -0.05) is 22.0 Å². The lowest BCUT2D eigenvalue weighted by atomic mass is 9.94. The van der Waals surface area contributed by atoms with Gasteiger partial charge >= 0.3 is 5.97 Å². The number of aliphatic imine (C=N–C) groups is 1. The van der Waals surface area contributed by atoms with Crippen LogP contribution in [0.15, 0.2) is 50.5 Å². The number of hydrogen-bond acceptors (Lipinski definition) is 7. The molecule has 0 spiro atoms. The SMILES string of the molecule is COC(=O)C1=C2CC(C(N)=O)CN2C(c2nccs2)=NC1c1ccc(F)cc1Br. The van der Waals surface area contributed by atoms with E-state index in [0.29, 0.717) is 45.1 Å². The summed E-state index contributed by atoms with van der Waals surface area (Å²) in [5, 5.41) is 2.47. The molecular formula is C19H16BrFN4O3S. The smallest absolute Gasteiger partial charge is 0.338 e. The molecule has 7 nitrogen and oxygen atoms in total. The Kier molecular flexibility index (Phi) is 5.22. The predicted octanol–water partition coefficient (Wildman–Crippen LogP) is 2.78. The van der Waals surface area contributed by atoms with Crippen molar-refractivity contribution in [2.45, 2.75) is 12.5 Å². The number of carbonyl (C=O) groups is 2. The number of benzene rings is 1. The van der Waals surface area contributed by atoms with Gasteiger partial charge in [0.25, 0.3) is 0 Å². The van der Waals surface area contributed by atoms with E-state index >= 15 is 0 Å². The van der Waals surface area contributed by atoms with Gasteiger partial charge in [0.1, 0.15) is 11.9 Å². The molecule has 2 N–H and O–H groups in total. The summed E-state index contributed by atoms with van der Waals surface area (Å²) >= 11 is 4.77. The Bertz CT molecular complexity index is 1050. The van der Waals surface area contributed by atoms with Gasteiger partial charge in [0.05, 0.1) is 18.6 Å². The number of thiazole rings is 1. The fraction of sp³-hybridized carbons (Fsp3) is 0.263. The highest BCUT2D eigenvalue weighted by Crippen LogP contribution is 2.43. The normalized spacial score (nSPS) is 21.1. The van der Waals surface area contributed by atoms with Gasteiger partial charge in [-0.15, -0.1) is 11.3 Å². The summed E-state index contributed by atoms with van der Waals surface area (Å²) in [6, 6.07) is 3.47. The number of nitrogens with two attached hydrogens (primary N) is 1. The summed E-state index contributed by atoms with van der Waals surface area (Å²) in [4.78, 5) is 35.6. The summed E-state index contributed by atoms with van der Waals surface area (Å²) in [7, 11) is 1.29. The number of fused-ring (bicyclic) bond motifs is 1. The molecule has 10 heteroatoms. The zero-order valence-corrected chi connectivity index (χ0v) is 17.7. The molecule has 2 aromatic rings. The lowest BCUT2D eigenvalue weighted by Crippen LogP contribution is -2.36. The molecule has 2 aliphatic heterocycles. The molecule has 0 aliphatic carbocycles. The first-order chi connectivity index (χ1) is 13.9. The molecule has 1 fully saturated rings. The summed E-state index contributed by atoms with van der Waals surface area (Å²) in [6.07, 6.45) is 1.95. The second-order valence-electron chi connectivity index (χ2n) is 6.62. The minimum Gasteiger partial charge on any atom is -0.466 e. The number of esters is 1. The summed E-state index contributed by atoms with van der Waals surface area (Å²) in [6.45, 7) is 0.306. The van der Waals surface area contributed by atoms with E-state index < -0.39 is 29.7 Å². The average Bonchev–Trinajstić information content (AvgIpc) is 3.36. The van der Waals surface area contributed by atoms with Crippen LogP contribution < -0.4 is 5.73 Å². The van der Waals surface area contributed by atoms with Crippen LogP contribution in [0.2, 0.25) is 0 Å². The van der Waals surface area contributed by atoms with Crippen LogP contribution in [0.3, 0.4) is 0 Å². The Morgan fingerprint density at radius 1 is 1.41 bits per heavy atom. The summed E-state index contributed by atoms with van der Waals surface area (Å²) in [5.41, 5.74) is 7.09. The first-order valence-electron chi connectivity index (χ1n) is 8.71. The molecule has 1 saturated heterocycles. The molecule has 2 aliphatic rings. The van der Waals surface area contributed by atoms with Crippen molar-refractivity contribution in [2.24, 2.45) is 16.6 Å². The molecule has 4 rings (SSSR count). The number of allylic oxidation sites excluding steroid dienone is 1. The number of hydrogen-bond donors (Lipinski definition) is 1. The first kappa shape index (κ1) is 19.7. The third-order valence-corrected chi connectivity index (χ3v) is 6.40. The van der Waals surface area contributed by atoms with Crippen molar-refractivity contribution >= 4 is 45.0 Å². The number of nitrogens with zero attached hydrogens (tertiary/aromatic N) is 3. The van der Waals surface area contributed by atoms with Crippen LogP contribution in [0.4, 0.5) is 4.39 Å². The minimum absolute atomic E-state index is 0.291. The van der Waals surface area contributed by atoms with Crippen LogP contribution >= 0.6 is 27.3 Å². The molecule has 1 aromatic heterocycles. The lowest BCUT2D eigenvalue weighted by molar-refractivity contribution is -0.136. The van der Waals surface area contributed by atoms with Crippen molar-refractivity contribution in [3.63, 3.8) is 0 Å². The van der Waals surface area contributed by atoms with Crippen LogP contribution in [-0.4, -0.2) is 41.3 Å². The number of halogens is 2. The highest BCUT2D eigenvalue weighted by Gasteiger charge is 2.43. The van der Waals surface area contributed by atoms with Crippen LogP contribution in [0.1, 0.15) is 23.0 Å². The van der Waals surface area contributed by atoms with Crippen LogP contribution in [0.5, 0.6) is 0 Å². The molecule has 0 saturated carbocycles. The Balaban J connectivity index is 1.93. The molecule has 2 unspecified atom stereocenters. The molecule has 3 heterocycles. The van der Waals surface area contributed by atoms with Crippen molar-refractivity contribution in [2.75, 3.05) is 13.7 Å². The van der Waals surface area contributed by atoms with Crippen LogP contribution in [0.25, 0.3) is 0 Å². The van der Waals surface area contributed by atoms with Gasteiger partial charge in [0, 0.05) is 34.7 Å². The first-order valence-corrected chi connectivity index (χ1v) is 10.4. The number of methoxy groups -OCH3 is 1. The van der Waals surface area contributed by atoms with Crippen molar-refractivity contribution in [1.82, 2.24) is 9.88 Å². The van der Waals surface area contributed by atoms with E-state index in [2.05, 4.69) is 20.9 Å². The van der Waals surface area contributed by atoms with Gasteiger partial charge < -0.3 is 15.4 Å². The van der Waals surface area contributed by atoms with Gasteiger partial charge in [-0.2, -0.15) is 0 Å². The summed E-state index contributed by atoms with van der Waals surface area (Å²) in [5.74, 6) is -1.34. The Labute approximate surface area is 178 Å². The Hall–Kier alpha value is -2.59. The van der Waals surface area contributed by atoms with Crippen LogP contribution in [-0.2, 0) is 14.3 Å². The number of amides is 1. The number of primary amides is 1. The third-order valence-electron chi connectivity index (χ3n) is 4.95. The minimum atomic E-state index is -0.741. The summed E-state index contributed by atoms with van der Waals surface area (Å²) < 4.78 is 19.2. The van der Waals surface area contributed by atoms with Crippen molar-refractivity contribution in [3.8, 4) is 0 Å². The number of aromatic nitrogens is 1. The van der Waals surface area contributed by atoms with Crippen LogP contribution in [0, 0.1) is 11.7 Å². The quantitative estimate of drug-likeness (QED) is 0.681. The fourth-order valence-corrected chi connectivity index (χ4v) is 4.81. The number of carbonyl (C=O) groups excluding carboxylic acids is 2. The van der Waals surface area contributed by atoms with Gasteiger partial charge in [0.15, 0.2) is 10.8 Å². The Morgan fingerprint density at radius 2 is 2.21 bits per heavy atom. The predicted molar refractivity (Wildman–Crippen MR) is 109 cm³/mol. The maximum absolute atomic E-state index is 13.7. The van der Waals surface area contributed by atoms with Crippen molar-refractivity contribution in [1.29, 1.82) is 0 Å². The lowest BCUT2D eigenvalue weighted by Gasteiger charge is -2.31. The molecule has 0 radical (unpaired) electrons. The highest BCUT2D eigenvalue weighted by atomic mass is 79.9. The maximum Gasteiger partial charge on any atom is 0.338 e. The second kappa shape index (κ2) is 7.68. The van der Waals surface area contributed by atoms with Gasteiger partial charge in [-0.05, 0) is 17.7 Å². The molecule has 1 amide bonds. The van der Waals surface area contributed by atoms with Gasteiger partial charge in [0.2, 0.25) is 5.91 Å². The standard InChI is InChI=1S/C19H16BrFN4O3S/c1-28-19(27)14-13-6-9(16(22)26)8-25(13)17(18-23-4-5-29-18)24-15(14)11-3-2-10(21)7-12(11)20/h2-5,7,9,15H,6,8H2,1H3,(H2,22,26). The van der Waals surface area contributed by atoms with Crippen molar-refractivity contribution in [3.05, 3.63) is 61.9 Å². The average molecular weight is 479 g/mol. The van der Waals surface area contributed by atoms with E-state index in [1.807, 2.05) is 10.3 Å². The largest absolute Gasteiger partial charge is 0.466 e. The topological polar surface area (TPSA) is 97.9 Å². The second-order valence-corrected chi connectivity index (χ2v) is 8.37. The number of rotatable bonds is 4. The van der Waals surface area contributed by atoms with Gasteiger partial charge in [-0.25, -0.2) is 14.2 Å². The maximum atomic E-state index is 13.7. The fourth-order valence-electron chi connectivity index (χ4n) is 3.61. The van der Waals surface area contributed by atoms with E-state index in [9.17, 15) is 14.0 Å². The van der Waals surface area contributed by atoms with Gasteiger partial charge in [-0.3, -0.25) is 9.79 Å². The molecule has 2 atom stereocenters. The zero-order chi connectivity index (χ0) is 20.7. The zero-order valence-electron chi connectivity index (χ0n) is 15.3. The third kappa shape index (κ3) is 3.46. The van der Waals surface area contributed by atoms with E-state index in [1.165, 1.54) is 30.6 Å². The van der Waals surface area contributed by atoms with E-state index in [1.54, 1.807) is 12.3 Å². The molecule has 0 bridgehead atoms. The van der Waals surface area contributed by atoms with E-state index in [-0.39, 0.29) is 0 Å². The van der Waals surface area contributed by atoms with E-state index in [0.717, 1.165) is 0 Å². The molecule has 150 valence electrons. The number of amidine groups is 1. The monoisotopic (exact) mass is 478 g/mol. The highest BCUT2D eigenvalue weighted by molar-refractivity contribution is 9.10. The number of ether oxygens (including phenoxy) is 1. The van der Waals surface area contributed by atoms with Crippen molar-refractivity contribution < 1.29 is 18.7 Å². The van der Waals surface area contributed by atoms with E-state index in [4.69, 9.17) is 15.5 Å².